The van der Waals surface area contributed by atoms with E-state index in [9.17, 15) is 4.79 Å². The van der Waals surface area contributed by atoms with E-state index in [1.54, 1.807) is 6.20 Å². The van der Waals surface area contributed by atoms with Gasteiger partial charge in [-0.1, -0.05) is 0 Å². The van der Waals surface area contributed by atoms with E-state index in [-0.39, 0.29) is 5.56 Å². The highest BCUT2D eigenvalue weighted by atomic mass is 32.2. The Kier molecular flexibility index (Phi) is 2.95. The number of aromatic nitrogens is 2. The summed E-state index contributed by atoms with van der Waals surface area (Å²) in [6.45, 7) is 0. The summed E-state index contributed by atoms with van der Waals surface area (Å²) in [5.41, 5.74) is -0.0545. The van der Waals surface area contributed by atoms with Crippen LogP contribution in [0.3, 0.4) is 0 Å². The van der Waals surface area contributed by atoms with E-state index in [4.69, 9.17) is 0 Å². The normalized spacial score (nSPS) is 22.9. The molecule has 0 amide bonds. The summed E-state index contributed by atoms with van der Waals surface area (Å²) in [5.74, 6) is 4.23. The molecule has 1 atom stereocenters. The van der Waals surface area contributed by atoms with Crippen LogP contribution in [-0.4, -0.2) is 27.2 Å². The van der Waals surface area contributed by atoms with Crippen LogP contribution in [-0.2, 0) is 0 Å². The minimum Gasteiger partial charge on any atom is -0.310 e. The second-order valence-corrected chi connectivity index (χ2v) is 5.21. The molecule has 1 aromatic rings. The molecular formula is C8H10N2OS2. The van der Waals surface area contributed by atoms with E-state index in [1.807, 2.05) is 23.5 Å². The molecule has 1 N–H and O–H groups in total. The second kappa shape index (κ2) is 4.19. The van der Waals surface area contributed by atoms with Crippen molar-refractivity contribution < 1.29 is 0 Å². The number of aromatic amines is 1. The average Bonchev–Trinajstić information content (AvgIpc) is 2.19. The number of hydrogen-bond acceptors (Lipinski definition) is 4. The number of thioether (sulfide) groups is 2. The summed E-state index contributed by atoms with van der Waals surface area (Å²) in [6.07, 6.45) is 1.58. The number of rotatable bonds is 1. The third kappa shape index (κ3) is 2.28. The fourth-order valence-electron chi connectivity index (χ4n) is 1.19. The minimum absolute atomic E-state index is 0.0545. The van der Waals surface area contributed by atoms with Crippen molar-refractivity contribution in [1.29, 1.82) is 0 Å². The fourth-order valence-corrected chi connectivity index (χ4v) is 3.83. The van der Waals surface area contributed by atoms with Crippen molar-refractivity contribution in [3.05, 3.63) is 28.4 Å². The third-order valence-corrected chi connectivity index (χ3v) is 4.58. The van der Waals surface area contributed by atoms with Gasteiger partial charge in [0.2, 0.25) is 0 Å². The van der Waals surface area contributed by atoms with E-state index < -0.39 is 0 Å². The summed E-state index contributed by atoms with van der Waals surface area (Å²) in [4.78, 5) is 18.0. The van der Waals surface area contributed by atoms with Gasteiger partial charge in [-0.05, 0) is 0 Å². The molecule has 1 unspecified atom stereocenters. The first-order valence-electron chi connectivity index (χ1n) is 4.11. The standard InChI is InChI=1S/C8H10N2OS2/c11-7-1-2-9-8(10-7)6-5-12-3-4-13-6/h1-2,6H,3-5H2,(H,9,10,11). The van der Waals surface area contributed by atoms with Gasteiger partial charge in [-0.15, -0.1) is 11.8 Å². The average molecular weight is 214 g/mol. The molecule has 0 bridgehead atoms. The van der Waals surface area contributed by atoms with Gasteiger partial charge in [0, 0.05) is 29.5 Å². The Morgan fingerprint density at radius 1 is 1.54 bits per heavy atom. The number of nitrogens with one attached hydrogen (secondary N) is 1. The lowest BCUT2D eigenvalue weighted by atomic mass is 10.4. The quantitative estimate of drug-likeness (QED) is 0.765. The van der Waals surface area contributed by atoms with Gasteiger partial charge in [-0.2, -0.15) is 11.8 Å². The largest absolute Gasteiger partial charge is 0.310 e. The maximum atomic E-state index is 11.0. The first-order valence-corrected chi connectivity index (χ1v) is 6.31. The van der Waals surface area contributed by atoms with E-state index in [0.29, 0.717) is 5.25 Å². The fraction of sp³-hybridized carbons (Fsp3) is 0.500. The molecule has 1 aliphatic heterocycles. The highest BCUT2D eigenvalue weighted by Gasteiger charge is 2.17. The maximum Gasteiger partial charge on any atom is 0.250 e. The number of H-pyrrole nitrogens is 1. The van der Waals surface area contributed by atoms with Crippen molar-refractivity contribution in [3.8, 4) is 0 Å². The Morgan fingerprint density at radius 2 is 2.46 bits per heavy atom. The zero-order valence-corrected chi connectivity index (χ0v) is 8.66. The first-order chi connectivity index (χ1) is 6.36. The second-order valence-electron chi connectivity index (χ2n) is 2.75. The Morgan fingerprint density at radius 3 is 3.15 bits per heavy atom. The molecule has 0 aliphatic carbocycles. The molecule has 5 heteroatoms. The molecule has 13 heavy (non-hydrogen) atoms. The molecule has 3 nitrogen and oxygen atoms in total. The molecule has 2 heterocycles. The van der Waals surface area contributed by atoms with Gasteiger partial charge < -0.3 is 4.98 Å². The summed E-state index contributed by atoms with van der Waals surface area (Å²) in [5, 5.41) is 0.368. The SMILES string of the molecule is O=c1ccnc(C2CSCCS2)[nH]1. The van der Waals surface area contributed by atoms with Crippen molar-refractivity contribution in [2.24, 2.45) is 0 Å². The lowest BCUT2D eigenvalue weighted by molar-refractivity contribution is 0.906. The van der Waals surface area contributed by atoms with E-state index in [2.05, 4.69) is 9.97 Å². The lowest BCUT2D eigenvalue weighted by Crippen LogP contribution is -2.15. The molecule has 70 valence electrons. The van der Waals surface area contributed by atoms with Crippen LogP contribution in [0.25, 0.3) is 0 Å². The minimum atomic E-state index is -0.0545. The van der Waals surface area contributed by atoms with Crippen LogP contribution >= 0.6 is 23.5 Å². The van der Waals surface area contributed by atoms with Gasteiger partial charge in [0.05, 0.1) is 5.25 Å². The van der Waals surface area contributed by atoms with E-state index in [0.717, 1.165) is 17.3 Å². The van der Waals surface area contributed by atoms with Crippen molar-refractivity contribution in [1.82, 2.24) is 9.97 Å². The Hall–Kier alpha value is -0.420. The van der Waals surface area contributed by atoms with Crippen LogP contribution in [0.5, 0.6) is 0 Å². The molecule has 1 saturated heterocycles. The highest BCUT2D eigenvalue weighted by molar-refractivity contribution is 8.06. The van der Waals surface area contributed by atoms with Crippen LogP contribution in [0.2, 0.25) is 0 Å². The topological polar surface area (TPSA) is 45.8 Å². The van der Waals surface area contributed by atoms with Crippen molar-refractivity contribution in [3.63, 3.8) is 0 Å². The molecule has 0 saturated carbocycles. The Balaban J connectivity index is 2.19. The molecule has 1 fully saturated rings. The summed E-state index contributed by atoms with van der Waals surface area (Å²) >= 11 is 3.79. The predicted octanol–water partition coefficient (Wildman–Crippen LogP) is 1.29. The highest BCUT2D eigenvalue weighted by Crippen LogP contribution is 2.34. The number of hydrogen-bond donors (Lipinski definition) is 1. The van der Waals surface area contributed by atoms with Crippen LogP contribution in [0.1, 0.15) is 11.1 Å². The van der Waals surface area contributed by atoms with Crippen LogP contribution < -0.4 is 5.56 Å². The van der Waals surface area contributed by atoms with Crippen molar-refractivity contribution in [2.75, 3.05) is 17.3 Å². The monoisotopic (exact) mass is 214 g/mol. The van der Waals surface area contributed by atoms with E-state index >= 15 is 0 Å². The van der Waals surface area contributed by atoms with Gasteiger partial charge in [0.15, 0.2) is 0 Å². The molecule has 1 aromatic heterocycles. The lowest BCUT2D eigenvalue weighted by Gasteiger charge is -2.19. The van der Waals surface area contributed by atoms with Crippen LogP contribution in [0, 0.1) is 0 Å². The first kappa shape index (κ1) is 9.15. The van der Waals surface area contributed by atoms with Crippen LogP contribution in [0.4, 0.5) is 0 Å². The summed E-state index contributed by atoms with van der Waals surface area (Å²) in [7, 11) is 0. The molecule has 0 spiro atoms. The zero-order chi connectivity index (χ0) is 9.10. The molecule has 2 rings (SSSR count). The predicted molar refractivity (Wildman–Crippen MR) is 57.4 cm³/mol. The Labute approximate surface area is 84.7 Å². The third-order valence-electron chi connectivity index (χ3n) is 1.81. The number of nitrogens with zero attached hydrogens (tertiary/aromatic N) is 1. The van der Waals surface area contributed by atoms with Gasteiger partial charge >= 0.3 is 0 Å². The van der Waals surface area contributed by atoms with Gasteiger partial charge in [-0.25, -0.2) is 4.98 Å². The van der Waals surface area contributed by atoms with Gasteiger partial charge in [-0.3, -0.25) is 4.79 Å². The summed E-state index contributed by atoms with van der Waals surface area (Å²) in [6, 6.07) is 1.45. The maximum absolute atomic E-state index is 11.0. The van der Waals surface area contributed by atoms with Gasteiger partial charge in [0.25, 0.3) is 5.56 Å². The van der Waals surface area contributed by atoms with Gasteiger partial charge in [0.1, 0.15) is 5.82 Å². The van der Waals surface area contributed by atoms with Crippen molar-refractivity contribution in [2.45, 2.75) is 5.25 Å². The smallest absolute Gasteiger partial charge is 0.250 e. The Bertz CT molecular complexity index is 333. The zero-order valence-electron chi connectivity index (χ0n) is 7.03. The van der Waals surface area contributed by atoms with E-state index in [1.165, 1.54) is 11.8 Å². The summed E-state index contributed by atoms with van der Waals surface area (Å²) < 4.78 is 0. The molecular weight excluding hydrogens is 204 g/mol. The molecule has 0 radical (unpaired) electrons. The van der Waals surface area contributed by atoms with Crippen molar-refractivity contribution >= 4 is 23.5 Å². The molecule has 1 aliphatic rings. The van der Waals surface area contributed by atoms with Crippen LogP contribution in [0.15, 0.2) is 17.1 Å². The molecule has 0 aromatic carbocycles.